The molecule has 0 aliphatic carbocycles. The second-order valence-corrected chi connectivity index (χ2v) is 5.91. The van der Waals surface area contributed by atoms with Crippen molar-refractivity contribution in [1.82, 2.24) is 4.90 Å². The molecule has 0 bridgehead atoms. The Hall–Kier alpha value is -0.120. The molecule has 0 radical (unpaired) electrons. The van der Waals surface area contributed by atoms with Gasteiger partial charge in [-0.05, 0) is 18.3 Å². The molecule has 0 saturated carbocycles. The Morgan fingerprint density at radius 1 is 1.21 bits per heavy atom. The Bertz CT molecular complexity index is 190. The van der Waals surface area contributed by atoms with Crippen LogP contribution >= 0.6 is 0 Å². The van der Waals surface area contributed by atoms with Crippen molar-refractivity contribution < 1.29 is 10.2 Å². The van der Waals surface area contributed by atoms with Gasteiger partial charge in [0.1, 0.15) is 0 Å². The van der Waals surface area contributed by atoms with E-state index < -0.39 is 5.60 Å². The van der Waals surface area contributed by atoms with Gasteiger partial charge < -0.3 is 10.2 Å². The lowest BCUT2D eigenvalue weighted by molar-refractivity contribution is -0.0671. The van der Waals surface area contributed by atoms with Crippen molar-refractivity contribution in [1.29, 1.82) is 0 Å². The normalized spacial score (nSPS) is 24.4. The standard InChI is InChI=1S/C11H23NO2/c1-10(2,3)9-5-12(6-9)7-11(4,14)8-13/h9,13-14H,5-8H2,1-4H3. The number of β-amino-alcohol motifs (C(OH)–C–C–N with tert-alkyl or cyclic N) is 1. The third-order valence-corrected chi connectivity index (χ3v) is 3.09. The molecule has 1 rings (SSSR count). The summed E-state index contributed by atoms with van der Waals surface area (Å²) in [4.78, 5) is 2.20. The smallest absolute Gasteiger partial charge is 0.0975 e. The van der Waals surface area contributed by atoms with E-state index in [-0.39, 0.29) is 6.61 Å². The Kier molecular flexibility index (Phi) is 3.24. The zero-order valence-electron chi connectivity index (χ0n) is 9.75. The minimum atomic E-state index is -0.942. The predicted octanol–water partition coefficient (Wildman–Crippen LogP) is 0.708. The molecule has 3 heteroatoms. The molecule has 1 aliphatic rings. The number of rotatable bonds is 3. The monoisotopic (exact) mass is 201 g/mol. The van der Waals surface area contributed by atoms with E-state index in [1.165, 1.54) is 0 Å². The van der Waals surface area contributed by atoms with Crippen LogP contribution in [0.2, 0.25) is 0 Å². The van der Waals surface area contributed by atoms with E-state index >= 15 is 0 Å². The van der Waals surface area contributed by atoms with Gasteiger partial charge in [-0.1, -0.05) is 20.8 Å². The van der Waals surface area contributed by atoms with Crippen LogP contribution in [0.5, 0.6) is 0 Å². The number of aliphatic hydroxyl groups excluding tert-OH is 1. The van der Waals surface area contributed by atoms with Crippen LogP contribution < -0.4 is 0 Å². The topological polar surface area (TPSA) is 43.7 Å². The molecular formula is C11H23NO2. The molecule has 1 atom stereocenters. The first-order chi connectivity index (χ1) is 6.24. The minimum Gasteiger partial charge on any atom is -0.393 e. The third kappa shape index (κ3) is 2.94. The fourth-order valence-electron chi connectivity index (χ4n) is 1.78. The molecule has 0 aromatic rings. The lowest BCUT2D eigenvalue weighted by Gasteiger charge is -2.48. The predicted molar refractivity (Wildman–Crippen MR) is 57.1 cm³/mol. The van der Waals surface area contributed by atoms with Gasteiger partial charge in [0, 0.05) is 19.6 Å². The lowest BCUT2D eigenvalue weighted by atomic mass is 9.75. The van der Waals surface area contributed by atoms with Crippen LogP contribution in [-0.4, -0.2) is 47.0 Å². The van der Waals surface area contributed by atoms with E-state index in [2.05, 4.69) is 25.7 Å². The van der Waals surface area contributed by atoms with Gasteiger partial charge in [-0.2, -0.15) is 0 Å². The van der Waals surface area contributed by atoms with Gasteiger partial charge in [0.25, 0.3) is 0 Å². The SMILES string of the molecule is CC(O)(CO)CN1CC(C(C)(C)C)C1. The maximum atomic E-state index is 9.66. The second-order valence-electron chi connectivity index (χ2n) is 5.91. The van der Waals surface area contributed by atoms with Gasteiger partial charge in [-0.3, -0.25) is 4.90 Å². The molecule has 0 aromatic carbocycles. The maximum absolute atomic E-state index is 9.66. The lowest BCUT2D eigenvalue weighted by Crippen LogP contribution is -2.57. The first-order valence-electron chi connectivity index (χ1n) is 5.30. The number of nitrogens with zero attached hydrogens (tertiary/aromatic N) is 1. The highest BCUT2D eigenvalue weighted by atomic mass is 16.3. The number of aliphatic hydroxyl groups is 2. The molecule has 1 heterocycles. The van der Waals surface area contributed by atoms with Crippen LogP contribution in [0.15, 0.2) is 0 Å². The molecule has 1 aliphatic heterocycles. The fourth-order valence-corrected chi connectivity index (χ4v) is 1.78. The molecule has 1 saturated heterocycles. The van der Waals surface area contributed by atoms with Gasteiger partial charge in [0.2, 0.25) is 0 Å². The van der Waals surface area contributed by atoms with Gasteiger partial charge in [-0.25, -0.2) is 0 Å². The van der Waals surface area contributed by atoms with Crippen LogP contribution in [-0.2, 0) is 0 Å². The number of hydrogen-bond donors (Lipinski definition) is 2. The largest absolute Gasteiger partial charge is 0.393 e. The van der Waals surface area contributed by atoms with E-state index in [1.807, 2.05) is 0 Å². The first-order valence-corrected chi connectivity index (χ1v) is 5.30. The average molecular weight is 201 g/mol. The zero-order chi connectivity index (χ0) is 11.0. The van der Waals surface area contributed by atoms with Crippen LogP contribution in [0.4, 0.5) is 0 Å². The highest BCUT2D eigenvalue weighted by molar-refractivity contribution is 4.90. The van der Waals surface area contributed by atoms with Gasteiger partial charge in [-0.15, -0.1) is 0 Å². The van der Waals surface area contributed by atoms with Crippen molar-refractivity contribution in [2.24, 2.45) is 11.3 Å². The van der Waals surface area contributed by atoms with Gasteiger partial charge in [0.05, 0.1) is 12.2 Å². The molecule has 0 spiro atoms. The summed E-state index contributed by atoms with van der Waals surface area (Å²) in [5.41, 5.74) is -0.579. The average Bonchev–Trinajstić information content (AvgIpc) is 1.94. The first kappa shape index (κ1) is 12.0. The molecule has 84 valence electrons. The molecule has 1 fully saturated rings. The van der Waals surface area contributed by atoms with Crippen molar-refractivity contribution in [2.75, 3.05) is 26.2 Å². The molecule has 14 heavy (non-hydrogen) atoms. The summed E-state index contributed by atoms with van der Waals surface area (Å²) in [6, 6.07) is 0. The van der Waals surface area contributed by atoms with E-state index in [1.54, 1.807) is 6.92 Å². The van der Waals surface area contributed by atoms with E-state index in [4.69, 9.17) is 5.11 Å². The van der Waals surface area contributed by atoms with Gasteiger partial charge in [0.15, 0.2) is 0 Å². The Morgan fingerprint density at radius 3 is 2.07 bits per heavy atom. The van der Waals surface area contributed by atoms with Crippen molar-refractivity contribution in [3.05, 3.63) is 0 Å². The summed E-state index contributed by atoms with van der Waals surface area (Å²) in [5.74, 6) is 0.719. The molecular weight excluding hydrogens is 178 g/mol. The van der Waals surface area contributed by atoms with Crippen molar-refractivity contribution in [2.45, 2.75) is 33.3 Å². The van der Waals surface area contributed by atoms with E-state index in [0.29, 0.717) is 12.0 Å². The second kappa shape index (κ2) is 3.80. The zero-order valence-corrected chi connectivity index (χ0v) is 9.75. The molecule has 0 amide bonds. The van der Waals surface area contributed by atoms with Crippen LogP contribution in [0, 0.1) is 11.3 Å². The van der Waals surface area contributed by atoms with Crippen LogP contribution in [0.3, 0.4) is 0 Å². The summed E-state index contributed by atoms with van der Waals surface area (Å²) in [7, 11) is 0. The van der Waals surface area contributed by atoms with Crippen molar-refractivity contribution in [3.8, 4) is 0 Å². The Morgan fingerprint density at radius 2 is 1.71 bits per heavy atom. The van der Waals surface area contributed by atoms with E-state index in [9.17, 15) is 5.11 Å². The maximum Gasteiger partial charge on any atom is 0.0975 e. The quantitative estimate of drug-likeness (QED) is 0.706. The summed E-state index contributed by atoms with van der Waals surface area (Å²) < 4.78 is 0. The molecule has 3 nitrogen and oxygen atoms in total. The third-order valence-electron chi connectivity index (χ3n) is 3.09. The number of likely N-dealkylation sites (tertiary alicyclic amines) is 1. The van der Waals surface area contributed by atoms with Crippen LogP contribution in [0.1, 0.15) is 27.7 Å². The Balaban J connectivity index is 2.29. The minimum absolute atomic E-state index is 0.163. The molecule has 1 unspecified atom stereocenters. The van der Waals surface area contributed by atoms with Crippen LogP contribution in [0.25, 0.3) is 0 Å². The van der Waals surface area contributed by atoms with Crippen molar-refractivity contribution in [3.63, 3.8) is 0 Å². The summed E-state index contributed by atoms with van der Waals surface area (Å²) in [6.07, 6.45) is 0. The fraction of sp³-hybridized carbons (Fsp3) is 1.00. The summed E-state index contributed by atoms with van der Waals surface area (Å²) >= 11 is 0. The molecule has 0 aromatic heterocycles. The van der Waals surface area contributed by atoms with E-state index in [0.717, 1.165) is 19.0 Å². The Labute approximate surface area is 86.7 Å². The molecule has 2 N–H and O–H groups in total. The summed E-state index contributed by atoms with van der Waals surface area (Å²) in [5, 5.41) is 18.6. The highest BCUT2D eigenvalue weighted by Gasteiger charge is 2.38. The summed E-state index contributed by atoms with van der Waals surface area (Å²) in [6.45, 7) is 10.9. The van der Waals surface area contributed by atoms with Gasteiger partial charge >= 0.3 is 0 Å². The van der Waals surface area contributed by atoms with Crippen molar-refractivity contribution >= 4 is 0 Å². The highest BCUT2D eigenvalue weighted by Crippen LogP contribution is 2.33. The number of hydrogen-bond acceptors (Lipinski definition) is 3.